The van der Waals surface area contributed by atoms with E-state index in [0.717, 1.165) is 178 Å². The molecule has 110 heavy (non-hydrogen) atoms. The van der Waals surface area contributed by atoms with Gasteiger partial charge < -0.3 is 28.4 Å². The van der Waals surface area contributed by atoms with Crippen LogP contribution in [0.2, 0.25) is 0 Å². The Labute approximate surface area is 639 Å². The van der Waals surface area contributed by atoms with Gasteiger partial charge in [0.2, 0.25) is 0 Å². The Morgan fingerprint density at radius 3 is 0.791 bits per heavy atom. The fraction of sp³-hybridized carbons (Fsp3) is 0.0385. The van der Waals surface area contributed by atoms with E-state index >= 15 is 0 Å². The van der Waals surface area contributed by atoms with E-state index in [2.05, 4.69) is 423 Å². The largest absolute Gasteiger partial charge is 0.455 e. The van der Waals surface area contributed by atoms with Crippen molar-refractivity contribution in [3.8, 4) is 22.3 Å². The van der Waals surface area contributed by atoms with E-state index in [1.165, 1.54) is 33.4 Å². The predicted octanol–water partition coefficient (Wildman–Crippen LogP) is 29.8. The third kappa shape index (κ3) is 11.6. The summed E-state index contributed by atoms with van der Waals surface area (Å²) in [5.41, 5.74) is 26.9. The van der Waals surface area contributed by atoms with Crippen LogP contribution in [-0.4, -0.2) is 0 Å². The molecule has 2 aromatic heterocycles. The molecule has 6 heteroatoms. The molecule has 0 saturated heterocycles. The topological polar surface area (TPSA) is 39.2 Å². The number of benzene rings is 18. The summed E-state index contributed by atoms with van der Waals surface area (Å²) < 4.78 is 14.5. The van der Waals surface area contributed by atoms with E-state index in [9.17, 15) is 0 Å². The summed E-state index contributed by atoms with van der Waals surface area (Å²) in [5, 5.41) is 12.8. The minimum Gasteiger partial charge on any atom is -0.455 e. The van der Waals surface area contributed by atoms with Crippen LogP contribution in [0.15, 0.2) is 391 Å². The lowest BCUT2D eigenvalue weighted by Crippen LogP contribution is -2.11. The van der Waals surface area contributed by atoms with E-state index in [1.807, 2.05) is 0 Å². The maximum Gasteiger partial charge on any atom is 0.143 e. The summed E-state index contributed by atoms with van der Waals surface area (Å²) in [5.74, 6) is 0. The van der Waals surface area contributed by atoms with Crippen LogP contribution in [0.3, 0.4) is 0 Å². The highest BCUT2D eigenvalue weighted by atomic mass is 16.3. The molecule has 20 rings (SSSR count). The number of nitrogens with zero attached hydrogens (tertiary/aromatic N) is 4. The number of rotatable bonds is 16. The SMILES string of the molecule is Cc1ccc(N(c2ccc(C)cc2)c2cc3c4cc(N(c5ccc(C)cc5)c5ccc(Cc6cccc(-c7cccc(N(c8ccccc8)c8cc9c%10cc(N(c%11ccccc%11)c%11cccc(-c%12ccccc%12)c%11)c%11ccccc%11c%10oc9c9ccccc89)c7)c6)cc5)c5ccccc5c4oc3c3ccccc23)cc1. The van der Waals surface area contributed by atoms with Crippen molar-refractivity contribution in [2.45, 2.75) is 27.2 Å². The van der Waals surface area contributed by atoms with E-state index in [1.54, 1.807) is 0 Å². The van der Waals surface area contributed by atoms with Crippen molar-refractivity contribution >= 4 is 155 Å². The van der Waals surface area contributed by atoms with Crippen LogP contribution in [0.1, 0.15) is 27.8 Å². The van der Waals surface area contributed by atoms with Gasteiger partial charge in [-0.3, -0.25) is 0 Å². The van der Waals surface area contributed by atoms with Gasteiger partial charge >= 0.3 is 0 Å². The molecule has 6 nitrogen and oxygen atoms in total. The Balaban J connectivity index is 0.667. The van der Waals surface area contributed by atoms with Crippen LogP contribution >= 0.6 is 0 Å². The van der Waals surface area contributed by atoms with Crippen molar-refractivity contribution in [3.63, 3.8) is 0 Å². The van der Waals surface area contributed by atoms with E-state index in [4.69, 9.17) is 8.83 Å². The molecule has 0 fully saturated rings. The Kier molecular flexibility index (Phi) is 16.2. The Bertz CT molecular complexity index is 6850. The van der Waals surface area contributed by atoms with Gasteiger partial charge in [0.25, 0.3) is 0 Å². The molecule has 0 N–H and O–H groups in total. The molecule has 20 aromatic rings. The molecule has 0 bridgehead atoms. The summed E-state index contributed by atoms with van der Waals surface area (Å²) >= 11 is 0. The second kappa shape index (κ2) is 27.3. The minimum absolute atomic E-state index is 0.744. The summed E-state index contributed by atoms with van der Waals surface area (Å²) in [6.45, 7) is 6.44. The average Bonchev–Trinajstić information content (AvgIpc) is 1.55. The Morgan fingerprint density at radius 1 is 0.182 bits per heavy atom. The predicted molar refractivity (Wildman–Crippen MR) is 464 cm³/mol. The molecule has 0 radical (unpaired) electrons. The standard InChI is InChI=1S/C104H74N4O2/c1-68-44-52-79(53-45-68)105(80-54-46-69(2)47-55-80)97-64-93-94-65-98(86-37-14-18-41-90(86)102(94)109-101(93)89-40-17-13-36-85(89)97)106(81-56-48-70(3)49-57-81)82-58-50-71(51-59-82)60-72-24-21-27-74(61-72)76-29-23-35-84(63-76)108(78-32-11-6-12-33-78)100-67-96-95-66-99(87-38-15-19-42-91(87)103(95)110-104(96)92-43-20-16-39-88(92)100)107(77-30-9-5-10-31-77)83-34-22-28-75(62-83)73-25-7-4-8-26-73/h4-59,61-67H,60H2,1-3H3. The minimum atomic E-state index is 0.744. The number of para-hydroxylation sites is 2. The lowest BCUT2D eigenvalue weighted by atomic mass is 9.97. The van der Waals surface area contributed by atoms with Crippen molar-refractivity contribution in [1.82, 2.24) is 0 Å². The van der Waals surface area contributed by atoms with Gasteiger partial charge in [-0.2, -0.15) is 0 Å². The van der Waals surface area contributed by atoms with Crippen LogP contribution in [0, 0.1) is 20.8 Å². The zero-order chi connectivity index (χ0) is 73.3. The molecule has 18 aromatic carbocycles. The molecule has 0 aliphatic heterocycles. The summed E-state index contributed by atoms with van der Waals surface area (Å²) in [4.78, 5) is 9.64. The Morgan fingerprint density at radius 2 is 0.436 bits per heavy atom. The van der Waals surface area contributed by atoms with Crippen molar-refractivity contribution < 1.29 is 8.83 Å². The number of anilines is 12. The molecular formula is C104H74N4O2. The van der Waals surface area contributed by atoms with Crippen molar-refractivity contribution in [2.24, 2.45) is 0 Å². The number of aryl methyl sites for hydroxylation is 3. The maximum absolute atomic E-state index is 7.27. The van der Waals surface area contributed by atoms with Gasteiger partial charge in [0, 0.05) is 110 Å². The van der Waals surface area contributed by atoms with E-state index in [-0.39, 0.29) is 0 Å². The fourth-order valence-electron chi connectivity index (χ4n) is 16.6. The number of hydrogen-bond acceptors (Lipinski definition) is 6. The molecule has 0 amide bonds. The summed E-state index contributed by atoms with van der Waals surface area (Å²) in [6.07, 6.45) is 0.744. The third-order valence-electron chi connectivity index (χ3n) is 21.9. The molecular weight excluding hydrogens is 1340 g/mol. The first-order chi connectivity index (χ1) is 54.3. The molecule has 0 unspecified atom stereocenters. The second-order valence-electron chi connectivity index (χ2n) is 29.0. The summed E-state index contributed by atoms with van der Waals surface area (Å²) in [7, 11) is 0. The smallest absolute Gasteiger partial charge is 0.143 e. The zero-order valence-corrected chi connectivity index (χ0v) is 61.2. The molecule has 0 saturated carbocycles. The van der Waals surface area contributed by atoms with E-state index < -0.39 is 0 Å². The zero-order valence-electron chi connectivity index (χ0n) is 61.2. The molecule has 0 spiro atoms. The number of furan rings is 2. The van der Waals surface area contributed by atoms with Gasteiger partial charge in [-0.15, -0.1) is 0 Å². The van der Waals surface area contributed by atoms with Crippen LogP contribution in [0.5, 0.6) is 0 Å². The summed E-state index contributed by atoms with van der Waals surface area (Å²) in [6, 6.07) is 139. The molecule has 0 atom stereocenters. The fourth-order valence-corrected chi connectivity index (χ4v) is 16.6. The quantitative estimate of drug-likeness (QED) is 0.0960. The van der Waals surface area contributed by atoms with Crippen LogP contribution < -0.4 is 19.6 Å². The van der Waals surface area contributed by atoms with Crippen molar-refractivity contribution in [3.05, 3.63) is 410 Å². The van der Waals surface area contributed by atoms with Gasteiger partial charge in [-0.25, -0.2) is 0 Å². The first-order valence-corrected chi connectivity index (χ1v) is 37.8. The average molecular weight is 1410 g/mol. The monoisotopic (exact) mass is 1410 g/mol. The molecule has 0 aliphatic rings. The van der Waals surface area contributed by atoms with E-state index in [0.29, 0.717) is 0 Å². The van der Waals surface area contributed by atoms with Crippen LogP contribution in [-0.2, 0) is 6.42 Å². The Hall–Kier alpha value is -14.2. The lowest BCUT2D eigenvalue weighted by molar-refractivity contribution is 0.676. The first kappa shape index (κ1) is 65.3. The molecule has 0 aliphatic carbocycles. The van der Waals surface area contributed by atoms with Gasteiger partial charge in [0.15, 0.2) is 0 Å². The second-order valence-corrected chi connectivity index (χ2v) is 29.0. The third-order valence-corrected chi connectivity index (χ3v) is 21.9. The van der Waals surface area contributed by atoms with Gasteiger partial charge in [-0.05, 0) is 182 Å². The van der Waals surface area contributed by atoms with Gasteiger partial charge in [-0.1, -0.05) is 278 Å². The van der Waals surface area contributed by atoms with Crippen molar-refractivity contribution in [1.29, 1.82) is 0 Å². The van der Waals surface area contributed by atoms with Crippen LogP contribution in [0.25, 0.3) is 109 Å². The first-order valence-electron chi connectivity index (χ1n) is 37.8. The highest BCUT2D eigenvalue weighted by molar-refractivity contribution is 6.27. The maximum atomic E-state index is 7.27. The number of hydrogen-bond donors (Lipinski definition) is 0. The highest BCUT2D eigenvalue weighted by Crippen LogP contribution is 2.52. The number of fused-ring (bicyclic) bond motifs is 14. The lowest BCUT2D eigenvalue weighted by Gasteiger charge is -2.28. The van der Waals surface area contributed by atoms with Gasteiger partial charge in [0.05, 0.1) is 22.7 Å². The van der Waals surface area contributed by atoms with Gasteiger partial charge in [0.1, 0.15) is 22.3 Å². The normalized spacial score (nSPS) is 11.6. The van der Waals surface area contributed by atoms with Crippen molar-refractivity contribution in [2.75, 3.05) is 19.6 Å². The molecule has 2 heterocycles. The van der Waals surface area contributed by atoms with Crippen LogP contribution in [0.4, 0.5) is 68.2 Å². The molecule has 522 valence electrons. The highest BCUT2D eigenvalue weighted by Gasteiger charge is 2.28.